The highest BCUT2D eigenvalue weighted by molar-refractivity contribution is 5.35. The normalized spacial score (nSPS) is 20.1. The molecule has 1 atom stereocenters. The van der Waals surface area contributed by atoms with E-state index in [-0.39, 0.29) is 0 Å². The Hall–Kier alpha value is -1.16. The molecule has 0 bridgehead atoms. The van der Waals surface area contributed by atoms with Gasteiger partial charge in [-0.25, -0.2) is 8.78 Å². The van der Waals surface area contributed by atoms with Crippen LogP contribution in [0.2, 0.25) is 0 Å². The van der Waals surface area contributed by atoms with Crippen LogP contribution in [-0.2, 0) is 6.42 Å². The Bertz CT molecular complexity index is 376. The maximum absolute atomic E-state index is 13.1. The lowest BCUT2D eigenvalue weighted by Gasteiger charge is -2.12. The highest BCUT2D eigenvalue weighted by atomic mass is 19.2. The summed E-state index contributed by atoms with van der Waals surface area (Å²) in [7, 11) is 1.48. The maximum atomic E-state index is 13.1. The monoisotopic (exact) mass is 227 g/mol. The lowest BCUT2D eigenvalue weighted by Crippen LogP contribution is -2.11. The van der Waals surface area contributed by atoms with Gasteiger partial charge < -0.3 is 10.1 Å². The first-order valence-electron chi connectivity index (χ1n) is 5.43. The van der Waals surface area contributed by atoms with Crippen molar-refractivity contribution < 1.29 is 13.5 Å². The van der Waals surface area contributed by atoms with Crippen molar-refractivity contribution >= 4 is 0 Å². The standard InChI is InChI=1S/C12H15F2NO/c1-16-12-6-11(14)10(13)5-9(12)4-8-2-3-15-7-8/h5-6,8,15H,2-4,7H2,1H3. The lowest BCUT2D eigenvalue weighted by molar-refractivity contribution is 0.396. The molecule has 1 N–H and O–H groups in total. The molecule has 2 rings (SSSR count). The van der Waals surface area contributed by atoms with Crippen LogP contribution in [0.25, 0.3) is 0 Å². The number of rotatable bonds is 3. The molecule has 1 heterocycles. The van der Waals surface area contributed by atoms with E-state index in [0.29, 0.717) is 11.7 Å². The van der Waals surface area contributed by atoms with Crippen LogP contribution < -0.4 is 10.1 Å². The number of benzene rings is 1. The van der Waals surface area contributed by atoms with Crippen molar-refractivity contribution in [1.29, 1.82) is 0 Å². The van der Waals surface area contributed by atoms with Crippen molar-refractivity contribution in [3.8, 4) is 5.75 Å². The van der Waals surface area contributed by atoms with Crippen molar-refractivity contribution in [2.75, 3.05) is 20.2 Å². The van der Waals surface area contributed by atoms with Gasteiger partial charge in [-0.1, -0.05) is 0 Å². The van der Waals surface area contributed by atoms with Gasteiger partial charge >= 0.3 is 0 Å². The first kappa shape index (κ1) is 11.3. The van der Waals surface area contributed by atoms with Crippen molar-refractivity contribution in [2.45, 2.75) is 12.8 Å². The van der Waals surface area contributed by atoms with Gasteiger partial charge in [-0.3, -0.25) is 0 Å². The molecule has 1 aromatic rings. The first-order chi connectivity index (χ1) is 7.70. The first-order valence-corrected chi connectivity index (χ1v) is 5.43. The second-order valence-electron chi connectivity index (χ2n) is 4.14. The highest BCUT2D eigenvalue weighted by Crippen LogP contribution is 2.26. The molecule has 0 amide bonds. The zero-order chi connectivity index (χ0) is 11.5. The van der Waals surface area contributed by atoms with E-state index in [9.17, 15) is 8.78 Å². The fraction of sp³-hybridized carbons (Fsp3) is 0.500. The SMILES string of the molecule is COc1cc(F)c(F)cc1CC1CCNC1. The van der Waals surface area contributed by atoms with Gasteiger partial charge in [-0.15, -0.1) is 0 Å². The molecule has 1 aliphatic heterocycles. The lowest BCUT2D eigenvalue weighted by atomic mass is 9.98. The van der Waals surface area contributed by atoms with E-state index in [2.05, 4.69) is 5.32 Å². The number of ether oxygens (including phenoxy) is 1. The largest absolute Gasteiger partial charge is 0.496 e. The molecular weight excluding hydrogens is 212 g/mol. The van der Waals surface area contributed by atoms with Crippen LogP contribution in [-0.4, -0.2) is 20.2 Å². The summed E-state index contributed by atoms with van der Waals surface area (Å²) in [5.74, 6) is -0.739. The quantitative estimate of drug-likeness (QED) is 0.854. The number of nitrogens with one attached hydrogen (secondary N) is 1. The van der Waals surface area contributed by atoms with Crippen LogP contribution in [0, 0.1) is 17.6 Å². The summed E-state index contributed by atoms with van der Waals surface area (Å²) in [4.78, 5) is 0. The average molecular weight is 227 g/mol. The Kier molecular flexibility index (Phi) is 3.39. The minimum absolute atomic E-state index is 0.436. The van der Waals surface area contributed by atoms with E-state index in [4.69, 9.17) is 4.74 Å². The van der Waals surface area contributed by atoms with Crippen molar-refractivity contribution in [1.82, 2.24) is 5.32 Å². The molecule has 0 spiro atoms. The number of methoxy groups -OCH3 is 1. The fourth-order valence-corrected chi connectivity index (χ4v) is 2.12. The predicted octanol–water partition coefficient (Wildman–Crippen LogP) is 2.13. The van der Waals surface area contributed by atoms with Crippen LogP contribution in [0.5, 0.6) is 5.75 Å². The van der Waals surface area contributed by atoms with Gasteiger partial charge in [0.25, 0.3) is 0 Å². The summed E-state index contributed by atoms with van der Waals surface area (Å²) >= 11 is 0. The van der Waals surface area contributed by atoms with Gasteiger partial charge in [0.2, 0.25) is 0 Å². The minimum Gasteiger partial charge on any atom is -0.496 e. The summed E-state index contributed by atoms with van der Waals surface area (Å²) in [6.45, 7) is 1.93. The van der Waals surface area contributed by atoms with Crippen LogP contribution in [0.3, 0.4) is 0 Å². The molecule has 1 saturated heterocycles. The third-order valence-corrected chi connectivity index (χ3v) is 2.99. The molecule has 0 aliphatic carbocycles. The third-order valence-electron chi connectivity index (χ3n) is 2.99. The van der Waals surface area contributed by atoms with E-state index < -0.39 is 11.6 Å². The maximum Gasteiger partial charge on any atom is 0.162 e. The van der Waals surface area contributed by atoms with E-state index in [1.165, 1.54) is 13.2 Å². The summed E-state index contributed by atoms with van der Waals surface area (Å²) in [6, 6.07) is 2.36. The summed E-state index contributed by atoms with van der Waals surface area (Å²) < 4.78 is 31.2. The molecule has 0 aromatic heterocycles. The summed E-state index contributed by atoms with van der Waals surface area (Å²) in [6.07, 6.45) is 1.80. The van der Waals surface area contributed by atoms with Gasteiger partial charge in [0, 0.05) is 6.07 Å². The van der Waals surface area contributed by atoms with E-state index in [1.807, 2.05) is 0 Å². The van der Waals surface area contributed by atoms with Crippen LogP contribution in [0.15, 0.2) is 12.1 Å². The Morgan fingerprint density at radius 2 is 2.12 bits per heavy atom. The third kappa shape index (κ3) is 2.32. The Labute approximate surface area is 93.6 Å². The van der Waals surface area contributed by atoms with Crippen molar-refractivity contribution in [3.05, 3.63) is 29.3 Å². The second-order valence-corrected chi connectivity index (χ2v) is 4.14. The molecule has 0 saturated carbocycles. The molecule has 1 fully saturated rings. The molecule has 88 valence electrons. The van der Waals surface area contributed by atoms with Crippen molar-refractivity contribution in [3.63, 3.8) is 0 Å². The van der Waals surface area contributed by atoms with E-state index in [0.717, 1.165) is 37.6 Å². The number of hydrogen-bond donors (Lipinski definition) is 1. The predicted molar refractivity (Wildman–Crippen MR) is 57.6 cm³/mol. The van der Waals surface area contributed by atoms with Gasteiger partial charge in [0.15, 0.2) is 11.6 Å². The molecule has 16 heavy (non-hydrogen) atoms. The molecule has 2 nitrogen and oxygen atoms in total. The van der Waals surface area contributed by atoms with Gasteiger partial charge in [0.1, 0.15) is 5.75 Å². The molecule has 4 heteroatoms. The zero-order valence-electron chi connectivity index (χ0n) is 9.22. The highest BCUT2D eigenvalue weighted by Gasteiger charge is 2.18. The van der Waals surface area contributed by atoms with Crippen LogP contribution >= 0.6 is 0 Å². The van der Waals surface area contributed by atoms with Crippen LogP contribution in [0.1, 0.15) is 12.0 Å². The molecule has 1 aromatic carbocycles. The van der Waals surface area contributed by atoms with Crippen LogP contribution in [0.4, 0.5) is 8.78 Å². The Balaban J connectivity index is 2.20. The fourth-order valence-electron chi connectivity index (χ4n) is 2.12. The minimum atomic E-state index is -0.856. The number of hydrogen-bond acceptors (Lipinski definition) is 2. The van der Waals surface area contributed by atoms with Gasteiger partial charge in [-0.05, 0) is 43.5 Å². The molecule has 0 radical (unpaired) electrons. The van der Waals surface area contributed by atoms with Gasteiger partial charge in [0.05, 0.1) is 7.11 Å². The average Bonchev–Trinajstić information content (AvgIpc) is 2.76. The smallest absolute Gasteiger partial charge is 0.162 e. The zero-order valence-corrected chi connectivity index (χ0v) is 9.22. The molecule has 1 aliphatic rings. The Morgan fingerprint density at radius 3 is 2.75 bits per heavy atom. The molecular formula is C12H15F2NO. The van der Waals surface area contributed by atoms with E-state index in [1.54, 1.807) is 0 Å². The Morgan fingerprint density at radius 1 is 1.38 bits per heavy atom. The van der Waals surface area contributed by atoms with Crippen molar-refractivity contribution in [2.24, 2.45) is 5.92 Å². The summed E-state index contributed by atoms with van der Waals surface area (Å²) in [5.41, 5.74) is 0.745. The summed E-state index contributed by atoms with van der Waals surface area (Å²) in [5, 5.41) is 3.25. The second kappa shape index (κ2) is 4.78. The molecule has 1 unspecified atom stereocenters. The number of halogens is 2. The topological polar surface area (TPSA) is 21.3 Å². The van der Waals surface area contributed by atoms with E-state index >= 15 is 0 Å². The van der Waals surface area contributed by atoms with Gasteiger partial charge in [-0.2, -0.15) is 0 Å².